The number of alkyl halides is 3. The third-order valence-corrected chi connectivity index (χ3v) is 3.57. The molecule has 0 unspecified atom stereocenters. The molecule has 0 aliphatic heterocycles. The van der Waals surface area contributed by atoms with E-state index in [4.69, 9.17) is 0 Å². The minimum atomic E-state index is -4.40. The molecular weight excluding hydrogens is 329 g/mol. The first-order chi connectivity index (χ1) is 9.65. The number of halogens is 3. The molecule has 21 heavy (non-hydrogen) atoms. The van der Waals surface area contributed by atoms with Crippen LogP contribution in [0.5, 0.6) is 0 Å². The smallest absolute Gasteiger partial charge is 0.263 e. The van der Waals surface area contributed by atoms with E-state index in [-0.39, 0.29) is 12.4 Å². The Balaban J connectivity index is 2.14. The van der Waals surface area contributed by atoms with Crippen molar-refractivity contribution in [2.75, 3.05) is 6.26 Å². The summed E-state index contributed by atoms with van der Waals surface area (Å²) in [4.78, 5) is 4.01. The van der Waals surface area contributed by atoms with Gasteiger partial charge in [-0.2, -0.15) is 26.0 Å². The lowest BCUT2D eigenvalue weighted by atomic mass is 10.1. The first-order valence-corrected chi connectivity index (χ1v) is 8.09. The SMILES string of the molecule is CS(=O)(=O)OCc1nc(-c2ccc(C(F)(F)F)cc2)ns1. The summed E-state index contributed by atoms with van der Waals surface area (Å²) in [7, 11) is -3.59. The van der Waals surface area contributed by atoms with E-state index in [1.807, 2.05) is 0 Å². The summed E-state index contributed by atoms with van der Waals surface area (Å²) in [6, 6.07) is 4.38. The predicted octanol–water partition coefficient (Wildman–Crippen LogP) is 2.70. The number of nitrogens with zero attached hydrogens (tertiary/aromatic N) is 2. The summed E-state index contributed by atoms with van der Waals surface area (Å²) in [5.74, 6) is 0.223. The Morgan fingerprint density at radius 1 is 1.24 bits per heavy atom. The van der Waals surface area contributed by atoms with E-state index in [1.54, 1.807) is 0 Å². The minimum absolute atomic E-state index is 0.223. The monoisotopic (exact) mass is 338 g/mol. The normalized spacial score (nSPS) is 12.6. The molecule has 2 aromatic rings. The standard InChI is InChI=1S/C11H9F3N2O3S2/c1-21(17,18)19-6-9-15-10(16-20-9)7-2-4-8(5-3-7)11(12,13)14/h2-5H,6H2,1H3. The molecule has 0 aliphatic carbocycles. The molecule has 0 saturated carbocycles. The van der Waals surface area contributed by atoms with E-state index < -0.39 is 21.9 Å². The highest BCUT2D eigenvalue weighted by Crippen LogP contribution is 2.30. The van der Waals surface area contributed by atoms with E-state index >= 15 is 0 Å². The number of benzene rings is 1. The largest absolute Gasteiger partial charge is 0.416 e. The summed E-state index contributed by atoms with van der Waals surface area (Å²) >= 11 is 0.922. The second-order valence-electron chi connectivity index (χ2n) is 4.05. The summed E-state index contributed by atoms with van der Waals surface area (Å²) in [5.41, 5.74) is -0.355. The van der Waals surface area contributed by atoms with Gasteiger partial charge in [-0.15, -0.1) is 0 Å². The maximum atomic E-state index is 12.4. The maximum Gasteiger partial charge on any atom is 0.416 e. The highest BCUT2D eigenvalue weighted by Gasteiger charge is 2.30. The first-order valence-electron chi connectivity index (χ1n) is 5.50. The van der Waals surface area contributed by atoms with E-state index in [0.29, 0.717) is 10.6 Å². The van der Waals surface area contributed by atoms with Crippen LogP contribution in [0, 0.1) is 0 Å². The molecule has 0 fully saturated rings. The number of hydrogen-bond donors (Lipinski definition) is 0. The van der Waals surface area contributed by atoms with Gasteiger partial charge in [-0.3, -0.25) is 4.18 Å². The van der Waals surface area contributed by atoms with Crippen molar-refractivity contribution < 1.29 is 25.8 Å². The van der Waals surface area contributed by atoms with Gasteiger partial charge in [0, 0.05) is 5.56 Å². The van der Waals surface area contributed by atoms with Crippen LogP contribution < -0.4 is 0 Å². The second kappa shape index (κ2) is 5.70. The molecule has 0 N–H and O–H groups in total. The van der Waals surface area contributed by atoms with Crippen molar-refractivity contribution in [2.24, 2.45) is 0 Å². The number of rotatable bonds is 4. The Morgan fingerprint density at radius 3 is 2.38 bits per heavy atom. The van der Waals surface area contributed by atoms with Crippen molar-refractivity contribution in [3.05, 3.63) is 34.8 Å². The molecule has 2 rings (SSSR count). The highest BCUT2D eigenvalue weighted by molar-refractivity contribution is 7.85. The summed E-state index contributed by atoms with van der Waals surface area (Å²) in [6.45, 7) is -0.253. The fourth-order valence-corrected chi connectivity index (χ4v) is 2.37. The van der Waals surface area contributed by atoms with Crippen LogP contribution in [0.4, 0.5) is 13.2 Å². The van der Waals surface area contributed by atoms with Crippen LogP contribution in [0.2, 0.25) is 0 Å². The third kappa shape index (κ3) is 4.48. The molecule has 1 aromatic heterocycles. The highest BCUT2D eigenvalue weighted by atomic mass is 32.2. The average Bonchev–Trinajstić information content (AvgIpc) is 2.83. The summed E-state index contributed by atoms with van der Waals surface area (Å²) in [5, 5.41) is 0.315. The lowest BCUT2D eigenvalue weighted by molar-refractivity contribution is -0.137. The van der Waals surface area contributed by atoms with E-state index in [0.717, 1.165) is 29.9 Å². The molecule has 0 amide bonds. The maximum absolute atomic E-state index is 12.4. The van der Waals surface area contributed by atoms with Gasteiger partial charge in [0.2, 0.25) is 0 Å². The van der Waals surface area contributed by atoms with Gasteiger partial charge in [-0.1, -0.05) is 12.1 Å². The molecule has 5 nitrogen and oxygen atoms in total. The van der Waals surface area contributed by atoms with Crippen LogP contribution in [0.25, 0.3) is 11.4 Å². The van der Waals surface area contributed by atoms with Crippen LogP contribution in [0.15, 0.2) is 24.3 Å². The fourth-order valence-electron chi connectivity index (χ4n) is 1.40. The zero-order chi connectivity index (χ0) is 15.7. The van der Waals surface area contributed by atoms with Gasteiger partial charge in [-0.25, -0.2) is 4.98 Å². The van der Waals surface area contributed by atoms with Gasteiger partial charge in [0.15, 0.2) is 5.82 Å². The van der Waals surface area contributed by atoms with Crippen LogP contribution in [-0.2, 0) is 27.1 Å². The van der Waals surface area contributed by atoms with Crippen molar-refractivity contribution in [3.8, 4) is 11.4 Å². The van der Waals surface area contributed by atoms with Crippen molar-refractivity contribution >= 4 is 21.7 Å². The van der Waals surface area contributed by atoms with Gasteiger partial charge in [0.1, 0.15) is 11.6 Å². The number of hydrogen-bond acceptors (Lipinski definition) is 6. The van der Waals surface area contributed by atoms with E-state index in [2.05, 4.69) is 13.5 Å². The summed E-state index contributed by atoms with van der Waals surface area (Å²) in [6.07, 6.45) is -3.49. The zero-order valence-corrected chi connectivity index (χ0v) is 12.2. The van der Waals surface area contributed by atoms with Gasteiger partial charge in [0.25, 0.3) is 10.1 Å². The zero-order valence-electron chi connectivity index (χ0n) is 10.6. The van der Waals surface area contributed by atoms with Gasteiger partial charge >= 0.3 is 6.18 Å². The van der Waals surface area contributed by atoms with Gasteiger partial charge in [-0.05, 0) is 23.7 Å². The van der Waals surface area contributed by atoms with Crippen molar-refractivity contribution in [3.63, 3.8) is 0 Å². The molecule has 1 heterocycles. The number of aromatic nitrogens is 2. The molecular formula is C11H9F3N2O3S2. The molecule has 0 radical (unpaired) electrons. The molecule has 10 heteroatoms. The second-order valence-corrected chi connectivity index (χ2v) is 6.53. The lowest BCUT2D eigenvalue weighted by Gasteiger charge is -2.06. The predicted molar refractivity (Wildman–Crippen MR) is 70.0 cm³/mol. The molecule has 0 aliphatic rings. The van der Waals surface area contributed by atoms with E-state index in [1.165, 1.54) is 12.1 Å². The Labute approximate surface area is 122 Å². The average molecular weight is 338 g/mol. The Hall–Kier alpha value is -1.52. The molecule has 0 saturated heterocycles. The lowest BCUT2D eigenvalue weighted by Crippen LogP contribution is -2.04. The fraction of sp³-hybridized carbons (Fsp3) is 0.273. The molecule has 0 bridgehead atoms. The van der Waals surface area contributed by atoms with Gasteiger partial charge in [0.05, 0.1) is 11.8 Å². The summed E-state index contributed by atoms with van der Waals surface area (Å²) < 4.78 is 67.5. The molecule has 114 valence electrons. The van der Waals surface area contributed by atoms with E-state index in [9.17, 15) is 21.6 Å². The molecule has 0 spiro atoms. The van der Waals surface area contributed by atoms with Crippen LogP contribution in [0.3, 0.4) is 0 Å². The molecule has 0 atom stereocenters. The van der Waals surface area contributed by atoms with Crippen molar-refractivity contribution in [1.82, 2.24) is 9.36 Å². The molecule has 1 aromatic carbocycles. The van der Waals surface area contributed by atoms with Gasteiger partial charge < -0.3 is 0 Å². The van der Waals surface area contributed by atoms with Crippen LogP contribution >= 0.6 is 11.5 Å². The minimum Gasteiger partial charge on any atom is -0.263 e. The Morgan fingerprint density at radius 2 is 1.86 bits per heavy atom. The first kappa shape index (κ1) is 15.9. The van der Waals surface area contributed by atoms with Crippen LogP contribution in [0.1, 0.15) is 10.6 Å². The Kier molecular flexibility index (Phi) is 4.30. The topological polar surface area (TPSA) is 69.2 Å². The Bertz CT molecular complexity index is 724. The van der Waals surface area contributed by atoms with Crippen LogP contribution in [-0.4, -0.2) is 24.0 Å². The van der Waals surface area contributed by atoms with Crippen molar-refractivity contribution in [1.29, 1.82) is 0 Å². The quantitative estimate of drug-likeness (QED) is 0.802. The van der Waals surface area contributed by atoms with Crippen molar-refractivity contribution in [2.45, 2.75) is 12.8 Å². The third-order valence-electron chi connectivity index (χ3n) is 2.33.